The van der Waals surface area contributed by atoms with Crippen LogP contribution in [0.3, 0.4) is 0 Å². The largest absolute Gasteiger partial charge is 0.322 e. The van der Waals surface area contributed by atoms with Crippen molar-refractivity contribution in [2.24, 2.45) is 0 Å². The lowest BCUT2D eigenvalue weighted by molar-refractivity contribution is 0.102. The Morgan fingerprint density at radius 2 is 1.84 bits per heavy atom. The minimum absolute atomic E-state index is 0.178. The fourth-order valence-electron chi connectivity index (χ4n) is 1.72. The standard InChI is InChI=1S/C15H12BrNO2/c1-10-6-12(8-13(16)7-10)15(19)17-14-4-2-11(9-18)3-5-14/h2-9H,1H3,(H,17,19). The highest BCUT2D eigenvalue weighted by molar-refractivity contribution is 9.10. The lowest BCUT2D eigenvalue weighted by Crippen LogP contribution is -2.12. The monoisotopic (exact) mass is 317 g/mol. The first-order chi connectivity index (χ1) is 9.08. The van der Waals surface area contributed by atoms with Crippen LogP contribution in [0.15, 0.2) is 46.9 Å². The summed E-state index contributed by atoms with van der Waals surface area (Å²) in [5.41, 5.74) is 2.84. The van der Waals surface area contributed by atoms with Crippen LogP contribution < -0.4 is 5.32 Å². The van der Waals surface area contributed by atoms with Crippen molar-refractivity contribution in [2.75, 3.05) is 5.32 Å². The molecule has 4 heteroatoms. The van der Waals surface area contributed by atoms with Crippen LogP contribution in [0.1, 0.15) is 26.3 Å². The van der Waals surface area contributed by atoms with Crippen LogP contribution in [0.25, 0.3) is 0 Å². The van der Waals surface area contributed by atoms with E-state index in [4.69, 9.17) is 0 Å². The second-order valence-electron chi connectivity index (χ2n) is 4.21. The summed E-state index contributed by atoms with van der Waals surface area (Å²) in [5, 5.41) is 2.79. The van der Waals surface area contributed by atoms with E-state index < -0.39 is 0 Å². The van der Waals surface area contributed by atoms with Crippen LogP contribution in [0, 0.1) is 6.92 Å². The molecule has 0 fully saturated rings. The summed E-state index contributed by atoms with van der Waals surface area (Å²) in [5.74, 6) is -0.178. The fraction of sp³-hybridized carbons (Fsp3) is 0.0667. The molecule has 0 radical (unpaired) electrons. The van der Waals surface area contributed by atoms with Gasteiger partial charge in [0.05, 0.1) is 0 Å². The molecule has 0 bridgehead atoms. The summed E-state index contributed by atoms with van der Waals surface area (Å²) in [6.45, 7) is 1.93. The van der Waals surface area contributed by atoms with E-state index in [1.807, 2.05) is 19.1 Å². The minimum atomic E-state index is -0.178. The summed E-state index contributed by atoms with van der Waals surface area (Å²) >= 11 is 3.37. The van der Waals surface area contributed by atoms with Crippen molar-refractivity contribution in [3.05, 3.63) is 63.6 Å². The molecule has 0 aliphatic carbocycles. The topological polar surface area (TPSA) is 46.2 Å². The summed E-state index contributed by atoms with van der Waals surface area (Å²) in [6, 6.07) is 12.3. The van der Waals surface area contributed by atoms with Gasteiger partial charge in [-0.05, 0) is 55.0 Å². The molecule has 0 spiro atoms. The van der Waals surface area contributed by atoms with Crippen molar-refractivity contribution in [2.45, 2.75) is 6.92 Å². The van der Waals surface area contributed by atoms with E-state index in [1.54, 1.807) is 30.3 Å². The Balaban J connectivity index is 2.17. The smallest absolute Gasteiger partial charge is 0.255 e. The number of rotatable bonds is 3. The summed E-state index contributed by atoms with van der Waals surface area (Å²) < 4.78 is 0.869. The predicted octanol–water partition coefficient (Wildman–Crippen LogP) is 3.82. The third-order valence-electron chi connectivity index (χ3n) is 2.61. The average Bonchev–Trinajstić information content (AvgIpc) is 2.38. The van der Waals surface area contributed by atoms with Crippen molar-refractivity contribution in [3.63, 3.8) is 0 Å². The van der Waals surface area contributed by atoms with Crippen molar-refractivity contribution < 1.29 is 9.59 Å². The first kappa shape index (κ1) is 13.5. The van der Waals surface area contributed by atoms with Crippen molar-refractivity contribution in [1.82, 2.24) is 0 Å². The first-order valence-corrected chi connectivity index (χ1v) is 6.51. The number of aldehydes is 1. The number of anilines is 1. The molecule has 96 valence electrons. The highest BCUT2D eigenvalue weighted by atomic mass is 79.9. The van der Waals surface area contributed by atoms with E-state index in [0.29, 0.717) is 16.8 Å². The molecule has 0 atom stereocenters. The normalized spacial score (nSPS) is 10.0. The van der Waals surface area contributed by atoms with Crippen molar-refractivity contribution in [3.8, 4) is 0 Å². The quantitative estimate of drug-likeness (QED) is 0.875. The third-order valence-corrected chi connectivity index (χ3v) is 3.07. The van der Waals surface area contributed by atoms with Gasteiger partial charge in [0.1, 0.15) is 6.29 Å². The second-order valence-corrected chi connectivity index (χ2v) is 5.13. The van der Waals surface area contributed by atoms with Gasteiger partial charge in [0.2, 0.25) is 0 Å². The molecule has 0 aliphatic heterocycles. The molecule has 0 saturated heterocycles. The Hall–Kier alpha value is -1.94. The molecule has 0 saturated carbocycles. The van der Waals surface area contributed by atoms with Crippen molar-refractivity contribution >= 4 is 33.8 Å². The highest BCUT2D eigenvalue weighted by Gasteiger charge is 2.07. The maximum atomic E-state index is 12.1. The number of carbonyl (C=O) groups excluding carboxylic acids is 2. The first-order valence-electron chi connectivity index (χ1n) is 5.72. The Labute approximate surface area is 119 Å². The number of nitrogens with one attached hydrogen (secondary N) is 1. The zero-order chi connectivity index (χ0) is 13.8. The zero-order valence-electron chi connectivity index (χ0n) is 10.3. The van der Waals surface area contributed by atoms with Gasteiger partial charge in [0.25, 0.3) is 5.91 Å². The molecule has 0 aromatic heterocycles. The van der Waals surface area contributed by atoms with Gasteiger partial charge in [-0.1, -0.05) is 15.9 Å². The lowest BCUT2D eigenvalue weighted by Gasteiger charge is -2.06. The van der Waals surface area contributed by atoms with Crippen LogP contribution in [-0.2, 0) is 0 Å². The summed E-state index contributed by atoms with van der Waals surface area (Å²) in [4.78, 5) is 22.6. The Morgan fingerprint density at radius 1 is 1.16 bits per heavy atom. The Morgan fingerprint density at radius 3 is 2.42 bits per heavy atom. The molecule has 0 unspecified atom stereocenters. The molecular formula is C15H12BrNO2. The predicted molar refractivity (Wildman–Crippen MR) is 78.7 cm³/mol. The number of halogens is 1. The molecule has 0 heterocycles. The molecule has 1 N–H and O–H groups in total. The number of hydrogen-bond acceptors (Lipinski definition) is 2. The number of amides is 1. The summed E-state index contributed by atoms with van der Waals surface area (Å²) in [6.07, 6.45) is 0.767. The van der Waals surface area contributed by atoms with E-state index in [1.165, 1.54) is 0 Å². The molecule has 2 rings (SSSR count). The lowest BCUT2D eigenvalue weighted by atomic mass is 10.1. The average molecular weight is 318 g/mol. The van der Waals surface area contributed by atoms with E-state index >= 15 is 0 Å². The molecule has 1 amide bonds. The van der Waals surface area contributed by atoms with E-state index in [0.717, 1.165) is 16.3 Å². The van der Waals surface area contributed by atoms with Gasteiger partial charge < -0.3 is 5.32 Å². The zero-order valence-corrected chi connectivity index (χ0v) is 11.9. The Bertz CT molecular complexity index is 600. The molecule has 2 aromatic carbocycles. The number of carbonyl (C=O) groups is 2. The van der Waals surface area contributed by atoms with Gasteiger partial charge in [-0.15, -0.1) is 0 Å². The number of benzene rings is 2. The third kappa shape index (κ3) is 3.51. The van der Waals surface area contributed by atoms with Gasteiger partial charge in [-0.25, -0.2) is 0 Å². The van der Waals surface area contributed by atoms with Gasteiger partial charge in [0.15, 0.2) is 0 Å². The molecule has 19 heavy (non-hydrogen) atoms. The van der Waals surface area contributed by atoms with Crippen LogP contribution in [0.2, 0.25) is 0 Å². The molecule has 2 aromatic rings. The van der Waals surface area contributed by atoms with Gasteiger partial charge >= 0.3 is 0 Å². The second kappa shape index (κ2) is 5.80. The van der Waals surface area contributed by atoms with Crippen LogP contribution in [0.5, 0.6) is 0 Å². The van der Waals surface area contributed by atoms with Crippen LogP contribution >= 0.6 is 15.9 Å². The minimum Gasteiger partial charge on any atom is -0.322 e. The maximum Gasteiger partial charge on any atom is 0.255 e. The van der Waals surface area contributed by atoms with Crippen LogP contribution in [-0.4, -0.2) is 12.2 Å². The van der Waals surface area contributed by atoms with Gasteiger partial charge in [-0.3, -0.25) is 9.59 Å². The molecule has 0 aliphatic rings. The van der Waals surface area contributed by atoms with Crippen LogP contribution in [0.4, 0.5) is 5.69 Å². The SMILES string of the molecule is Cc1cc(Br)cc(C(=O)Nc2ccc(C=O)cc2)c1. The van der Waals surface area contributed by atoms with E-state index in [9.17, 15) is 9.59 Å². The number of hydrogen-bond donors (Lipinski definition) is 1. The number of aryl methyl sites for hydroxylation is 1. The maximum absolute atomic E-state index is 12.1. The Kier molecular flexibility index (Phi) is 4.12. The van der Waals surface area contributed by atoms with Gasteiger partial charge in [-0.2, -0.15) is 0 Å². The highest BCUT2D eigenvalue weighted by Crippen LogP contribution is 2.17. The van der Waals surface area contributed by atoms with Crippen molar-refractivity contribution in [1.29, 1.82) is 0 Å². The molecular weight excluding hydrogens is 306 g/mol. The van der Waals surface area contributed by atoms with E-state index in [2.05, 4.69) is 21.2 Å². The van der Waals surface area contributed by atoms with Gasteiger partial charge in [0, 0.05) is 21.3 Å². The van der Waals surface area contributed by atoms with E-state index in [-0.39, 0.29) is 5.91 Å². The molecule has 3 nitrogen and oxygen atoms in total. The summed E-state index contributed by atoms with van der Waals surface area (Å²) in [7, 11) is 0. The fourth-order valence-corrected chi connectivity index (χ4v) is 2.32.